The minimum atomic E-state index is -0.0834. The number of hydrogen-bond donors (Lipinski definition) is 1. The Hall–Kier alpha value is -2.37. The molecule has 1 amide bonds. The van der Waals surface area contributed by atoms with Crippen molar-refractivity contribution in [1.82, 2.24) is 5.32 Å². The monoisotopic (exact) mass is 353 g/mol. The molecule has 2 aromatic rings. The van der Waals surface area contributed by atoms with Gasteiger partial charge in [-0.25, -0.2) is 0 Å². The molecule has 0 radical (unpaired) electrons. The highest BCUT2D eigenvalue weighted by Gasteiger charge is 2.54. The highest BCUT2D eigenvalue weighted by molar-refractivity contribution is 5.94. The average Bonchev–Trinajstić information content (AvgIpc) is 3.09. The van der Waals surface area contributed by atoms with Crippen molar-refractivity contribution < 1.29 is 19.0 Å². The first-order valence-electron chi connectivity index (χ1n) is 9.00. The van der Waals surface area contributed by atoms with Gasteiger partial charge in [0.05, 0.1) is 12.7 Å². The molecule has 2 fully saturated rings. The molecule has 0 spiro atoms. The van der Waals surface area contributed by atoms with Gasteiger partial charge in [-0.05, 0) is 36.8 Å². The molecule has 5 heteroatoms. The number of carbonyl (C=O) groups is 1. The maximum absolute atomic E-state index is 12.7. The Morgan fingerprint density at radius 2 is 1.96 bits per heavy atom. The van der Waals surface area contributed by atoms with Gasteiger partial charge in [-0.3, -0.25) is 4.79 Å². The maximum atomic E-state index is 12.7. The highest BCUT2D eigenvalue weighted by Crippen LogP contribution is 2.43. The normalized spacial score (nSPS) is 26.7. The molecule has 4 rings (SSSR count). The third-order valence-electron chi connectivity index (χ3n) is 5.26. The molecule has 5 nitrogen and oxygen atoms in total. The second kappa shape index (κ2) is 7.48. The number of benzene rings is 2. The molecule has 1 aliphatic heterocycles. The van der Waals surface area contributed by atoms with Crippen molar-refractivity contribution in [1.29, 1.82) is 0 Å². The van der Waals surface area contributed by atoms with E-state index in [1.54, 1.807) is 19.2 Å². The number of para-hydroxylation sites is 1. The zero-order valence-electron chi connectivity index (χ0n) is 14.8. The first-order valence-corrected chi connectivity index (χ1v) is 9.00. The molecular weight excluding hydrogens is 330 g/mol. The lowest BCUT2D eigenvalue weighted by Crippen LogP contribution is -2.62. The summed E-state index contributed by atoms with van der Waals surface area (Å²) in [5.41, 5.74) is 0.594. The fraction of sp³-hybridized carbons (Fsp3) is 0.381. The summed E-state index contributed by atoms with van der Waals surface area (Å²) in [4.78, 5) is 12.7. The summed E-state index contributed by atoms with van der Waals surface area (Å²) < 4.78 is 16.9. The van der Waals surface area contributed by atoms with Crippen LogP contribution in [0.25, 0.3) is 0 Å². The predicted octanol–water partition coefficient (Wildman–Crippen LogP) is 3.26. The number of amides is 1. The molecule has 1 aliphatic carbocycles. The molecule has 0 bridgehead atoms. The van der Waals surface area contributed by atoms with Crippen LogP contribution in [0.2, 0.25) is 0 Å². The molecule has 2 aromatic carbocycles. The number of rotatable bonds is 6. The fourth-order valence-electron chi connectivity index (χ4n) is 3.99. The fourth-order valence-corrected chi connectivity index (χ4v) is 3.99. The van der Waals surface area contributed by atoms with Crippen LogP contribution in [-0.4, -0.2) is 38.4 Å². The van der Waals surface area contributed by atoms with Crippen molar-refractivity contribution in [2.24, 2.45) is 11.8 Å². The van der Waals surface area contributed by atoms with Crippen LogP contribution in [0.3, 0.4) is 0 Å². The first-order chi connectivity index (χ1) is 12.8. The van der Waals surface area contributed by atoms with E-state index in [0.717, 1.165) is 18.8 Å². The first kappa shape index (κ1) is 17.1. The second-order valence-corrected chi connectivity index (χ2v) is 6.85. The van der Waals surface area contributed by atoms with E-state index < -0.39 is 0 Å². The molecular formula is C21H23NO4. The Kier molecular flexibility index (Phi) is 4.91. The van der Waals surface area contributed by atoms with Crippen LogP contribution >= 0.6 is 0 Å². The van der Waals surface area contributed by atoms with Gasteiger partial charge in [-0.15, -0.1) is 0 Å². The van der Waals surface area contributed by atoms with Crippen molar-refractivity contribution >= 4 is 5.91 Å². The lowest BCUT2D eigenvalue weighted by Gasteiger charge is -2.47. The van der Waals surface area contributed by atoms with Crippen LogP contribution in [-0.2, 0) is 9.47 Å². The van der Waals surface area contributed by atoms with Crippen molar-refractivity contribution in [3.63, 3.8) is 0 Å². The Balaban J connectivity index is 1.44. The zero-order valence-corrected chi connectivity index (χ0v) is 14.8. The lowest BCUT2D eigenvalue weighted by molar-refractivity contribution is -0.0809. The number of fused-ring (bicyclic) bond motifs is 1. The second-order valence-electron chi connectivity index (χ2n) is 6.85. The number of methoxy groups -OCH3 is 1. The molecule has 1 heterocycles. The third-order valence-corrected chi connectivity index (χ3v) is 5.26. The van der Waals surface area contributed by atoms with Crippen molar-refractivity contribution in [3.8, 4) is 11.5 Å². The molecule has 0 unspecified atom stereocenters. The summed E-state index contributed by atoms with van der Waals surface area (Å²) in [7, 11) is 1.69. The van der Waals surface area contributed by atoms with Gasteiger partial charge < -0.3 is 19.5 Å². The van der Waals surface area contributed by atoms with Crippen LogP contribution in [0.4, 0.5) is 0 Å². The van der Waals surface area contributed by atoms with Gasteiger partial charge in [-0.2, -0.15) is 0 Å². The number of carbonyl (C=O) groups excluding carboxylic acids is 1. The third kappa shape index (κ3) is 3.32. The topological polar surface area (TPSA) is 56.8 Å². The summed E-state index contributed by atoms with van der Waals surface area (Å²) in [6.45, 7) is 1.37. The van der Waals surface area contributed by atoms with Crippen LogP contribution in [0, 0.1) is 11.8 Å². The van der Waals surface area contributed by atoms with E-state index in [-0.39, 0.29) is 24.0 Å². The molecule has 4 atom stereocenters. The maximum Gasteiger partial charge on any atom is 0.251 e. The van der Waals surface area contributed by atoms with Crippen molar-refractivity contribution in [2.75, 3.05) is 20.3 Å². The predicted molar refractivity (Wildman–Crippen MR) is 97.4 cm³/mol. The van der Waals surface area contributed by atoms with Gasteiger partial charge in [0.25, 0.3) is 5.91 Å². The Morgan fingerprint density at radius 3 is 2.77 bits per heavy atom. The van der Waals surface area contributed by atoms with Gasteiger partial charge in [0, 0.05) is 37.2 Å². The molecule has 1 N–H and O–H groups in total. The van der Waals surface area contributed by atoms with Crippen LogP contribution in [0.5, 0.6) is 11.5 Å². The van der Waals surface area contributed by atoms with E-state index in [1.165, 1.54) is 0 Å². The summed E-state index contributed by atoms with van der Waals surface area (Å²) >= 11 is 0. The van der Waals surface area contributed by atoms with E-state index in [9.17, 15) is 4.79 Å². The Morgan fingerprint density at radius 1 is 1.15 bits per heavy atom. The molecule has 26 heavy (non-hydrogen) atoms. The average molecular weight is 353 g/mol. The number of hydrogen-bond acceptors (Lipinski definition) is 4. The largest absolute Gasteiger partial charge is 0.457 e. The summed E-state index contributed by atoms with van der Waals surface area (Å²) in [5, 5.41) is 3.18. The van der Waals surface area contributed by atoms with Gasteiger partial charge >= 0.3 is 0 Å². The zero-order chi connectivity index (χ0) is 17.9. The minimum Gasteiger partial charge on any atom is -0.457 e. The number of ether oxygens (including phenoxy) is 3. The standard InChI is InChI=1S/C21H23NO4/c1-24-13-18-19(17-10-11-25-20(17)18)22-21(23)14-6-5-9-16(12-14)26-15-7-3-2-4-8-15/h2-9,12,17-20H,10-11,13H2,1H3,(H,22,23)/t17-,18+,19-,20-/m1/s1. The van der Waals surface area contributed by atoms with Crippen LogP contribution in [0.15, 0.2) is 54.6 Å². The van der Waals surface area contributed by atoms with E-state index in [2.05, 4.69) is 5.32 Å². The van der Waals surface area contributed by atoms with Gasteiger partial charge in [0.1, 0.15) is 11.5 Å². The van der Waals surface area contributed by atoms with E-state index in [0.29, 0.717) is 23.8 Å². The van der Waals surface area contributed by atoms with E-state index in [1.807, 2.05) is 42.5 Å². The lowest BCUT2D eigenvalue weighted by atomic mass is 9.67. The SMILES string of the molecule is COC[C@H]1[C@H](NC(=O)c2cccc(Oc3ccccc3)c2)[C@H]2CCO[C@H]21. The Labute approximate surface area is 153 Å². The van der Waals surface area contributed by atoms with Crippen LogP contribution in [0.1, 0.15) is 16.8 Å². The van der Waals surface area contributed by atoms with Gasteiger partial charge in [-0.1, -0.05) is 24.3 Å². The molecule has 136 valence electrons. The van der Waals surface area contributed by atoms with Gasteiger partial charge in [0.15, 0.2) is 0 Å². The highest BCUT2D eigenvalue weighted by atomic mass is 16.5. The Bertz CT molecular complexity index is 764. The van der Waals surface area contributed by atoms with E-state index in [4.69, 9.17) is 14.2 Å². The minimum absolute atomic E-state index is 0.0834. The van der Waals surface area contributed by atoms with Crippen molar-refractivity contribution in [2.45, 2.75) is 18.6 Å². The number of nitrogens with one attached hydrogen (secondary N) is 1. The van der Waals surface area contributed by atoms with Crippen LogP contribution < -0.4 is 10.1 Å². The smallest absolute Gasteiger partial charge is 0.251 e. The summed E-state index contributed by atoms with van der Waals surface area (Å²) in [5.74, 6) is 1.92. The quantitative estimate of drug-likeness (QED) is 0.866. The molecule has 1 saturated carbocycles. The molecule has 2 aliphatic rings. The van der Waals surface area contributed by atoms with Gasteiger partial charge in [0.2, 0.25) is 0 Å². The summed E-state index contributed by atoms with van der Waals surface area (Å²) in [6.07, 6.45) is 1.21. The molecule has 0 aromatic heterocycles. The van der Waals surface area contributed by atoms with Crippen molar-refractivity contribution in [3.05, 3.63) is 60.2 Å². The summed E-state index contributed by atoms with van der Waals surface area (Å²) in [6, 6.07) is 16.9. The molecule has 1 saturated heterocycles. The van der Waals surface area contributed by atoms with E-state index >= 15 is 0 Å².